The zero-order valence-corrected chi connectivity index (χ0v) is 13.2. The molecule has 0 aliphatic carbocycles. The number of hydrogen-bond acceptors (Lipinski definition) is 5. The molecule has 1 atom stereocenters. The van der Waals surface area contributed by atoms with E-state index in [1.54, 1.807) is 0 Å². The number of hydrogen-bond donors (Lipinski definition) is 2. The highest BCUT2D eigenvalue weighted by Crippen LogP contribution is 2.26. The molecule has 0 radical (unpaired) electrons. The second-order valence-corrected chi connectivity index (χ2v) is 8.55. The van der Waals surface area contributed by atoms with E-state index in [1.807, 2.05) is 0 Å². The first-order valence-electron chi connectivity index (χ1n) is 6.49. The van der Waals surface area contributed by atoms with E-state index in [0.29, 0.717) is 19.4 Å². The molecule has 0 bridgehead atoms. The molecule has 21 heavy (non-hydrogen) atoms. The SMILES string of the molecule is CNS(=O)(=O)c1ccc(S(=O)(=O)N2CCCC2CO)cc1. The molecule has 1 aliphatic rings. The van der Waals surface area contributed by atoms with Crippen LogP contribution in [-0.4, -0.2) is 52.5 Å². The van der Waals surface area contributed by atoms with Crippen molar-refractivity contribution in [3.8, 4) is 0 Å². The summed E-state index contributed by atoms with van der Waals surface area (Å²) in [5, 5.41) is 9.24. The van der Waals surface area contributed by atoms with Crippen LogP contribution in [0.1, 0.15) is 12.8 Å². The van der Waals surface area contributed by atoms with E-state index >= 15 is 0 Å². The Balaban J connectivity index is 2.34. The molecule has 118 valence electrons. The zero-order chi connectivity index (χ0) is 15.7. The van der Waals surface area contributed by atoms with Gasteiger partial charge in [0.25, 0.3) is 0 Å². The van der Waals surface area contributed by atoms with E-state index in [-0.39, 0.29) is 16.4 Å². The maximum Gasteiger partial charge on any atom is 0.243 e. The van der Waals surface area contributed by atoms with Crippen molar-refractivity contribution >= 4 is 20.0 Å². The molecule has 1 saturated heterocycles. The summed E-state index contributed by atoms with van der Waals surface area (Å²) < 4.78 is 51.6. The van der Waals surface area contributed by atoms with Crippen molar-refractivity contribution in [2.75, 3.05) is 20.2 Å². The molecule has 0 amide bonds. The second kappa shape index (κ2) is 6.01. The summed E-state index contributed by atoms with van der Waals surface area (Å²) in [6.45, 7) is 0.148. The molecule has 1 aromatic carbocycles. The highest BCUT2D eigenvalue weighted by Gasteiger charge is 2.34. The van der Waals surface area contributed by atoms with Gasteiger partial charge in [0.2, 0.25) is 20.0 Å². The summed E-state index contributed by atoms with van der Waals surface area (Å²) in [6.07, 6.45) is 1.33. The van der Waals surface area contributed by atoms with E-state index in [9.17, 15) is 21.9 Å². The number of benzene rings is 1. The van der Waals surface area contributed by atoms with Crippen LogP contribution in [0.2, 0.25) is 0 Å². The molecule has 1 fully saturated rings. The number of aliphatic hydroxyl groups is 1. The van der Waals surface area contributed by atoms with E-state index in [1.165, 1.54) is 35.6 Å². The summed E-state index contributed by atoms with van der Waals surface area (Å²) in [5.41, 5.74) is 0. The van der Waals surface area contributed by atoms with Crippen molar-refractivity contribution in [3.63, 3.8) is 0 Å². The molecule has 2 rings (SSSR count). The maximum absolute atomic E-state index is 12.5. The van der Waals surface area contributed by atoms with Gasteiger partial charge in [-0.1, -0.05) is 0 Å². The highest BCUT2D eigenvalue weighted by atomic mass is 32.2. The first-order valence-corrected chi connectivity index (χ1v) is 9.41. The van der Waals surface area contributed by atoms with Gasteiger partial charge in [0.15, 0.2) is 0 Å². The highest BCUT2D eigenvalue weighted by molar-refractivity contribution is 7.89. The Morgan fingerprint density at radius 1 is 1.19 bits per heavy atom. The molecule has 0 saturated carbocycles. The van der Waals surface area contributed by atoms with Gasteiger partial charge in [0.1, 0.15) is 0 Å². The fourth-order valence-electron chi connectivity index (χ4n) is 2.35. The van der Waals surface area contributed by atoms with E-state index in [2.05, 4.69) is 4.72 Å². The minimum absolute atomic E-state index is 0.00378. The van der Waals surface area contributed by atoms with Crippen LogP contribution in [0.3, 0.4) is 0 Å². The van der Waals surface area contributed by atoms with Crippen LogP contribution in [0.25, 0.3) is 0 Å². The van der Waals surface area contributed by atoms with Crippen LogP contribution < -0.4 is 4.72 Å². The van der Waals surface area contributed by atoms with Crippen LogP contribution in [0.5, 0.6) is 0 Å². The standard InChI is InChI=1S/C12H18N2O5S2/c1-13-20(16,17)11-4-6-12(7-5-11)21(18,19)14-8-2-3-10(14)9-15/h4-7,10,13,15H,2-3,8-9H2,1H3. The number of sulfonamides is 2. The van der Waals surface area contributed by atoms with Crippen LogP contribution in [0.4, 0.5) is 0 Å². The Kier molecular flexibility index (Phi) is 4.69. The summed E-state index contributed by atoms with van der Waals surface area (Å²) in [5.74, 6) is 0. The Labute approximate surface area is 124 Å². The lowest BCUT2D eigenvalue weighted by atomic mass is 10.2. The van der Waals surface area contributed by atoms with Crippen molar-refractivity contribution in [3.05, 3.63) is 24.3 Å². The van der Waals surface area contributed by atoms with Crippen LogP contribution in [-0.2, 0) is 20.0 Å². The minimum Gasteiger partial charge on any atom is -0.395 e. The van der Waals surface area contributed by atoms with Crippen molar-refractivity contribution in [1.82, 2.24) is 9.03 Å². The smallest absolute Gasteiger partial charge is 0.243 e. The first-order chi connectivity index (χ1) is 9.82. The third-order valence-electron chi connectivity index (χ3n) is 3.54. The Bertz CT molecular complexity index is 698. The molecule has 2 N–H and O–H groups in total. The van der Waals surface area contributed by atoms with Crippen LogP contribution >= 0.6 is 0 Å². The monoisotopic (exact) mass is 334 g/mol. The van der Waals surface area contributed by atoms with E-state index in [0.717, 1.165) is 0 Å². The lowest BCUT2D eigenvalue weighted by Gasteiger charge is -2.22. The summed E-state index contributed by atoms with van der Waals surface area (Å²) in [4.78, 5) is 0.0296. The summed E-state index contributed by atoms with van der Waals surface area (Å²) in [6, 6.07) is 4.64. The molecule has 0 aromatic heterocycles. The number of nitrogens with one attached hydrogen (secondary N) is 1. The van der Waals surface area contributed by atoms with Gasteiger partial charge in [0.05, 0.1) is 16.4 Å². The van der Waals surface area contributed by atoms with E-state index in [4.69, 9.17) is 0 Å². The number of rotatable bonds is 5. The molecule has 1 aliphatic heterocycles. The molecule has 1 heterocycles. The van der Waals surface area contributed by atoms with Gasteiger partial charge < -0.3 is 5.11 Å². The predicted octanol–water partition coefficient (Wildman–Crippen LogP) is -0.260. The van der Waals surface area contributed by atoms with Crippen molar-refractivity contribution in [2.45, 2.75) is 28.7 Å². The van der Waals surface area contributed by atoms with Crippen LogP contribution in [0, 0.1) is 0 Å². The fraction of sp³-hybridized carbons (Fsp3) is 0.500. The Morgan fingerprint density at radius 3 is 2.29 bits per heavy atom. The van der Waals surface area contributed by atoms with E-state index < -0.39 is 26.1 Å². The first kappa shape index (κ1) is 16.4. The third kappa shape index (κ3) is 3.11. The van der Waals surface area contributed by atoms with Gasteiger partial charge in [-0.05, 0) is 44.2 Å². The van der Waals surface area contributed by atoms with Crippen molar-refractivity contribution < 1.29 is 21.9 Å². The molecular formula is C12H18N2O5S2. The molecule has 0 spiro atoms. The topological polar surface area (TPSA) is 104 Å². The number of nitrogens with zero attached hydrogens (tertiary/aromatic N) is 1. The summed E-state index contributed by atoms with van der Waals surface area (Å²) in [7, 11) is -6.02. The van der Waals surface area contributed by atoms with Gasteiger partial charge in [-0.3, -0.25) is 0 Å². The van der Waals surface area contributed by atoms with Gasteiger partial charge in [-0.15, -0.1) is 0 Å². The predicted molar refractivity (Wildman–Crippen MR) is 76.7 cm³/mol. The average molecular weight is 334 g/mol. The van der Waals surface area contributed by atoms with Gasteiger partial charge in [-0.25, -0.2) is 21.6 Å². The van der Waals surface area contributed by atoms with Crippen molar-refractivity contribution in [1.29, 1.82) is 0 Å². The molecule has 1 aromatic rings. The second-order valence-electron chi connectivity index (χ2n) is 4.77. The normalized spacial score (nSPS) is 20.8. The van der Waals surface area contributed by atoms with Gasteiger partial charge in [-0.2, -0.15) is 4.31 Å². The average Bonchev–Trinajstić information content (AvgIpc) is 2.96. The van der Waals surface area contributed by atoms with Crippen molar-refractivity contribution in [2.24, 2.45) is 0 Å². The maximum atomic E-state index is 12.5. The lowest BCUT2D eigenvalue weighted by Crippen LogP contribution is -2.37. The largest absolute Gasteiger partial charge is 0.395 e. The Morgan fingerprint density at radius 2 is 1.76 bits per heavy atom. The molecular weight excluding hydrogens is 316 g/mol. The minimum atomic E-state index is -3.71. The fourth-order valence-corrected chi connectivity index (χ4v) is 4.77. The zero-order valence-electron chi connectivity index (χ0n) is 11.6. The molecule has 1 unspecified atom stereocenters. The quantitative estimate of drug-likeness (QED) is 0.772. The molecule has 9 heteroatoms. The van der Waals surface area contributed by atoms with Gasteiger partial charge >= 0.3 is 0 Å². The van der Waals surface area contributed by atoms with Crippen LogP contribution in [0.15, 0.2) is 34.1 Å². The number of aliphatic hydroxyl groups excluding tert-OH is 1. The Hall–Kier alpha value is -1.00. The lowest BCUT2D eigenvalue weighted by molar-refractivity contribution is 0.213. The third-order valence-corrected chi connectivity index (χ3v) is 6.94. The summed E-state index contributed by atoms with van der Waals surface area (Å²) >= 11 is 0. The van der Waals surface area contributed by atoms with Gasteiger partial charge in [0, 0.05) is 12.6 Å². The molecule has 7 nitrogen and oxygen atoms in total.